The zero-order valence-electron chi connectivity index (χ0n) is 14.5. The highest BCUT2D eigenvalue weighted by Crippen LogP contribution is 2.67. The Morgan fingerprint density at radius 2 is 1.86 bits per heavy atom. The first kappa shape index (κ1) is 14.3. The summed E-state index contributed by atoms with van der Waals surface area (Å²) in [4.78, 5) is 0. The summed E-state index contributed by atoms with van der Waals surface area (Å²) in [7, 11) is 0. The third-order valence-electron chi connectivity index (χ3n) is 8.44. The molecule has 3 fully saturated rings. The van der Waals surface area contributed by atoms with E-state index in [0.717, 1.165) is 29.1 Å². The van der Waals surface area contributed by atoms with Crippen LogP contribution in [0.25, 0.3) is 0 Å². The summed E-state index contributed by atoms with van der Waals surface area (Å²) < 4.78 is 0. The highest BCUT2D eigenvalue weighted by molar-refractivity contribution is 5.25. The van der Waals surface area contributed by atoms with E-state index >= 15 is 0 Å². The SMILES string of the molecule is CC(C)[C@]12CCCC=C1CC[C@H]1[C@@H]3CCC[C@@]3(C)CC[C@@H]12. The first-order valence-corrected chi connectivity index (χ1v) is 9.77. The molecule has 0 amide bonds. The molecular formula is C21H34. The molecule has 0 saturated heterocycles. The maximum absolute atomic E-state index is 2.67. The van der Waals surface area contributed by atoms with Gasteiger partial charge in [-0.15, -0.1) is 0 Å². The first-order chi connectivity index (χ1) is 10.1. The van der Waals surface area contributed by atoms with Crippen LogP contribution in [-0.2, 0) is 0 Å². The van der Waals surface area contributed by atoms with Gasteiger partial charge in [0.2, 0.25) is 0 Å². The van der Waals surface area contributed by atoms with E-state index in [1.54, 1.807) is 6.42 Å². The van der Waals surface area contributed by atoms with Crippen molar-refractivity contribution >= 4 is 0 Å². The normalized spacial score (nSPS) is 49.3. The van der Waals surface area contributed by atoms with E-state index in [9.17, 15) is 0 Å². The fraction of sp³-hybridized carbons (Fsp3) is 0.905. The monoisotopic (exact) mass is 286 g/mol. The molecule has 0 unspecified atom stereocenters. The van der Waals surface area contributed by atoms with Crippen molar-refractivity contribution in [2.24, 2.45) is 34.5 Å². The molecule has 0 aromatic carbocycles. The van der Waals surface area contributed by atoms with Crippen LogP contribution in [0.4, 0.5) is 0 Å². The number of hydrogen-bond acceptors (Lipinski definition) is 0. The van der Waals surface area contributed by atoms with Crippen molar-refractivity contribution in [3.63, 3.8) is 0 Å². The summed E-state index contributed by atoms with van der Waals surface area (Å²) in [5.41, 5.74) is 3.21. The number of allylic oxidation sites excluding steroid dienone is 2. The third kappa shape index (κ3) is 1.86. The maximum atomic E-state index is 2.67. The second-order valence-electron chi connectivity index (χ2n) is 9.32. The van der Waals surface area contributed by atoms with E-state index in [0.29, 0.717) is 5.41 Å². The van der Waals surface area contributed by atoms with Crippen LogP contribution in [0, 0.1) is 34.5 Å². The summed E-state index contributed by atoms with van der Waals surface area (Å²) in [6, 6.07) is 0. The second kappa shape index (κ2) is 4.87. The average molecular weight is 287 g/mol. The average Bonchev–Trinajstić information content (AvgIpc) is 2.88. The molecule has 4 aliphatic carbocycles. The highest BCUT2D eigenvalue weighted by Gasteiger charge is 2.57. The van der Waals surface area contributed by atoms with Crippen LogP contribution in [0.2, 0.25) is 0 Å². The molecule has 21 heavy (non-hydrogen) atoms. The first-order valence-electron chi connectivity index (χ1n) is 9.77. The van der Waals surface area contributed by atoms with Crippen LogP contribution in [0.3, 0.4) is 0 Å². The summed E-state index contributed by atoms with van der Waals surface area (Å²) in [6.45, 7) is 7.70. The summed E-state index contributed by atoms with van der Waals surface area (Å²) in [6.07, 6.45) is 17.6. The van der Waals surface area contributed by atoms with Crippen molar-refractivity contribution in [2.75, 3.05) is 0 Å². The fourth-order valence-electron chi connectivity index (χ4n) is 7.51. The van der Waals surface area contributed by atoms with E-state index in [2.05, 4.69) is 26.8 Å². The molecule has 0 aliphatic heterocycles. The van der Waals surface area contributed by atoms with Gasteiger partial charge in [0.25, 0.3) is 0 Å². The minimum absolute atomic E-state index is 0.602. The van der Waals surface area contributed by atoms with Gasteiger partial charge in [0.1, 0.15) is 0 Å². The van der Waals surface area contributed by atoms with Gasteiger partial charge in [-0.05, 0) is 92.3 Å². The molecule has 0 N–H and O–H groups in total. The number of fused-ring (bicyclic) bond motifs is 5. The van der Waals surface area contributed by atoms with Crippen molar-refractivity contribution in [3.05, 3.63) is 11.6 Å². The molecule has 4 rings (SSSR count). The van der Waals surface area contributed by atoms with Crippen molar-refractivity contribution in [3.8, 4) is 0 Å². The minimum Gasteiger partial charge on any atom is -0.0847 e. The molecule has 5 atom stereocenters. The highest BCUT2D eigenvalue weighted by atomic mass is 14.6. The Kier molecular flexibility index (Phi) is 3.32. The second-order valence-corrected chi connectivity index (χ2v) is 9.32. The van der Waals surface area contributed by atoms with Gasteiger partial charge >= 0.3 is 0 Å². The zero-order valence-corrected chi connectivity index (χ0v) is 14.5. The van der Waals surface area contributed by atoms with Gasteiger partial charge in [-0.25, -0.2) is 0 Å². The lowest BCUT2D eigenvalue weighted by Gasteiger charge is -2.60. The molecule has 0 aromatic rings. The quantitative estimate of drug-likeness (QED) is 0.492. The Labute approximate surface area is 131 Å². The van der Waals surface area contributed by atoms with Crippen LogP contribution in [0.5, 0.6) is 0 Å². The molecule has 118 valence electrons. The summed E-state index contributed by atoms with van der Waals surface area (Å²) in [5.74, 6) is 4.00. The van der Waals surface area contributed by atoms with E-state index < -0.39 is 0 Å². The summed E-state index contributed by atoms with van der Waals surface area (Å²) >= 11 is 0. The van der Waals surface area contributed by atoms with Crippen LogP contribution < -0.4 is 0 Å². The molecule has 0 heterocycles. The predicted molar refractivity (Wildman–Crippen MR) is 90.1 cm³/mol. The molecule has 0 radical (unpaired) electrons. The molecule has 0 spiro atoms. The lowest BCUT2D eigenvalue weighted by atomic mass is 9.44. The lowest BCUT2D eigenvalue weighted by molar-refractivity contribution is -0.0623. The minimum atomic E-state index is 0.602. The largest absolute Gasteiger partial charge is 0.0847 e. The van der Waals surface area contributed by atoms with Crippen LogP contribution in [0.15, 0.2) is 11.6 Å². The Balaban J connectivity index is 1.73. The van der Waals surface area contributed by atoms with E-state index in [1.807, 2.05) is 5.57 Å². The standard InChI is InChI=1S/C21H34/c1-15(2)21-13-5-4-7-16(21)9-10-17-18-8-6-12-20(18,3)14-11-19(17)21/h7,15,17-19H,4-6,8-14H2,1-3H3/t17-,18-,19-,20-,21+/m0/s1. The van der Waals surface area contributed by atoms with Crippen LogP contribution >= 0.6 is 0 Å². The number of rotatable bonds is 1. The fourth-order valence-corrected chi connectivity index (χ4v) is 7.51. The molecule has 4 aliphatic rings. The smallest absolute Gasteiger partial charge is 0.00340 e. The van der Waals surface area contributed by atoms with E-state index in [4.69, 9.17) is 0 Å². The van der Waals surface area contributed by atoms with Crippen molar-refractivity contribution in [1.29, 1.82) is 0 Å². The number of hydrogen-bond donors (Lipinski definition) is 0. The Bertz CT molecular complexity index is 445. The van der Waals surface area contributed by atoms with Gasteiger partial charge in [0.15, 0.2) is 0 Å². The van der Waals surface area contributed by atoms with Gasteiger partial charge in [-0.3, -0.25) is 0 Å². The molecule has 0 nitrogen and oxygen atoms in total. The van der Waals surface area contributed by atoms with E-state index in [-0.39, 0.29) is 0 Å². The summed E-state index contributed by atoms with van der Waals surface area (Å²) in [5, 5.41) is 0. The van der Waals surface area contributed by atoms with Crippen LogP contribution in [0.1, 0.15) is 85.0 Å². The van der Waals surface area contributed by atoms with Gasteiger partial charge in [-0.1, -0.05) is 38.8 Å². The zero-order chi connectivity index (χ0) is 14.7. The van der Waals surface area contributed by atoms with Gasteiger partial charge in [0.05, 0.1) is 0 Å². The molecule has 0 aromatic heterocycles. The molecule has 0 heteroatoms. The maximum Gasteiger partial charge on any atom is -0.00340 e. The molecular weight excluding hydrogens is 252 g/mol. The Hall–Kier alpha value is -0.260. The van der Waals surface area contributed by atoms with Crippen molar-refractivity contribution in [2.45, 2.75) is 85.0 Å². The van der Waals surface area contributed by atoms with Crippen LogP contribution in [-0.4, -0.2) is 0 Å². The Morgan fingerprint density at radius 3 is 2.67 bits per heavy atom. The van der Waals surface area contributed by atoms with Gasteiger partial charge < -0.3 is 0 Å². The Morgan fingerprint density at radius 1 is 1.00 bits per heavy atom. The molecule has 0 bridgehead atoms. The predicted octanol–water partition coefficient (Wildman–Crippen LogP) is 6.37. The topological polar surface area (TPSA) is 0 Å². The van der Waals surface area contributed by atoms with Crippen molar-refractivity contribution in [1.82, 2.24) is 0 Å². The molecule has 3 saturated carbocycles. The van der Waals surface area contributed by atoms with Gasteiger partial charge in [0, 0.05) is 0 Å². The van der Waals surface area contributed by atoms with Gasteiger partial charge in [-0.2, -0.15) is 0 Å². The van der Waals surface area contributed by atoms with Crippen molar-refractivity contribution < 1.29 is 0 Å². The third-order valence-corrected chi connectivity index (χ3v) is 8.44. The lowest BCUT2D eigenvalue weighted by Crippen LogP contribution is -2.52. The van der Waals surface area contributed by atoms with E-state index in [1.165, 1.54) is 57.8 Å².